The van der Waals surface area contributed by atoms with Gasteiger partial charge in [-0.05, 0) is 62.1 Å². The molecule has 1 saturated heterocycles. The monoisotopic (exact) mass is 382 g/mol. The molecule has 0 radical (unpaired) electrons. The first-order valence-electron chi connectivity index (χ1n) is 10.1. The largest absolute Gasteiger partial charge is 0.496 e. The third kappa shape index (κ3) is 5.26. The van der Waals surface area contributed by atoms with E-state index in [1.165, 1.54) is 5.56 Å². The number of carbonyl (C=O) groups is 1. The van der Waals surface area contributed by atoms with Gasteiger partial charge in [-0.25, -0.2) is 0 Å². The minimum absolute atomic E-state index is 0.0766. The number of nitrogens with zero attached hydrogens (tertiary/aromatic N) is 1. The Morgan fingerprint density at radius 3 is 2.71 bits per heavy atom. The summed E-state index contributed by atoms with van der Waals surface area (Å²) in [6.07, 6.45) is 2.97. The maximum absolute atomic E-state index is 12.5. The Morgan fingerprint density at radius 2 is 1.96 bits per heavy atom. The Labute approximate surface area is 167 Å². The van der Waals surface area contributed by atoms with Crippen LogP contribution in [0.4, 0.5) is 0 Å². The van der Waals surface area contributed by atoms with Crippen LogP contribution in [0, 0.1) is 0 Å². The van der Waals surface area contributed by atoms with Crippen LogP contribution in [0.15, 0.2) is 48.5 Å². The number of carbonyl (C=O) groups excluding carboxylic acids is 1. The van der Waals surface area contributed by atoms with Crippen molar-refractivity contribution in [2.75, 3.05) is 33.4 Å². The van der Waals surface area contributed by atoms with Crippen molar-refractivity contribution in [2.24, 2.45) is 0 Å². The van der Waals surface area contributed by atoms with E-state index in [2.05, 4.69) is 22.3 Å². The summed E-state index contributed by atoms with van der Waals surface area (Å²) in [6.45, 7) is 4.66. The second kappa shape index (κ2) is 10.1. The van der Waals surface area contributed by atoms with Crippen LogP contribution in [0.3, 0.4) is 0 Å². The molecule has 1 fully saturated rings. The summed E-state index contributed by atoms with van der Waals surface area (Å²) in [5, 5.41) is 3.05. The zero-order valence-corrected chi connectivity index (χ0v) is 16.8. The summed E-state index contributed by atoms with van der Waals surface area (Å²) in [6, 6.07) is 16.5. The number of nitrogens with one attached hydrogen (secondary N) is 1. The fourth-order valence-corrected chi connectivity index (χ4v) is 3.83. The zero-order chi connectivity index (χ0) is 19.8. The van der Waals surface area contributed by atoms with E-state index in [1.807, 2.05) is 43.3 Å². The topological polar surface area (TPSA) is 50.8 Å². The maximum Gasteiger partial charge on any atom is 0.234 e. The van der Waals surface area contributed by atoms with Gasteiger partial charge in [0.2, 0.25) is 5.91 Å². The molecule has 0 bridgehead atoms. The average Bonchev–Trinajstić information content (AvgIpc) is 3.17. The molecular formula is C23H30N2O3. The smallest absolute Gasteiger partial charge is 0.234 e. The molecule has 0 spiro atoms. The van der Waals surface area contributed by atoms with Crippen LogP contribution in [0.5, 0.6) is 11.5 Å². The van der Waals surface area contributed by atoms with Gasteiger partial charge in [0.1, 0.15) is 11.5 Å². The Kier molecular flexibility index (Phi) is 7.31. The summed E-state index contributed by atoms with van der Waals surface area (Å²) >= 11 is 0. The van der Waals surface area contributed by atoms with Gasteiger partial charge in [-0.2, -0.15) is 0 Å². The van der Waals surface area contributed by atoms with Gasteiger partial charge in [0.05, 0.1) is 20.3 Å². The number of likely N-dealkylation sites (tertiary alicyclic amines) is 1. The Hall–Kier alpha value is -2.53. The fraction of sp³-hybridized carbons (Fsp3) is 0.435. The molecule has 5 nitrogen and oxygen atoms in total. The molecule has 1 heterocycles. The quantitative estimate of drug-likeness (QED) is 0.720. The Balaban J connectivity index is 1.50. The lowest BCUT2D eigenvalue weighted by Gasteiger charge is -2.24. The number of hydrogen-bond acceptors (Lipinski definition) is 4. The summed E-state index contributed by atoms with van der Waals surface area (Å²) in [5.74, 6) is 1.84. The highest BCUT2D eigenvalue weighted by Gasteiger charge is 2.27. The van der Waals surface area contributed by atoms with Gasteiger partial charge in [-0.3, -0.25) is 9.69 Å². The number of benzene rings is 2. The van der Waals surface area contributed by atoms with E-state index < -0.39 is 0 Å². The van der Waals surface area contributed by atoms with Crippen LogP contribution in [-0.4, -0.2) is 44.2 Å². The van der Waals surface area contributed by atoms with E-state index in [-0.39, 0.29) is 5.91 Å². The van der Waals surface area contributed by atoms with Crippen molar-refractivity contribution >= 4 is 5.91 Å². The first kappa shape index (κ1) is 20.2. The van der Waals surface area contributed by atoms with Gasteiger partial charge < -0.3 is 14.8 Å². The van der Waals surface area contributed by atoms with Crippen molar-refractivity contribution in [3.8, 4) is 11.5 Å². The summed E-state index contributed by atoms with van der Waals surface area (Å²) in [4.78, 5) is 14.7. The lowest BCUT2D eigenvalue weighted by molar-refractivity contribution is -0.122. The molecule has 0 aromatic heterocycles. The third-order valence-corrected chi connectivity index (χ3v) is 5.20. The summed E-state index contributed by atoms with van der Waals surface area (Å²) in [5.41, 5.74) is 2.36. The van der Waals surface area contributed by atoms with Gasteiger partial charge >= 0.3 is 0 Å². The lowest BCUT2D eigenvalue weighted by Crippen LogP contribution is -2.37. The predicted molar refractivity (Wildman–Crippen MR) is 111 cm³/mol. The third-order valence-electron chi connectivity index (χ3n) is 5.20. The molecule has 1 aliphatic heterocycles. The number of methoxy groups -OCH3 is 1. The summed E-state index contributed by atoms with van der Waals surface area (Å²) < 4.78 is 10.9. The van der Waals surface area contributed by atoms with Crippen molar-refractivity contribution in [1.29, 1.82) is 0 Å². The second-order valence-electron chi connectivity index (χ2n) is 7.04. The zero-order valence-electron chi connectivity index (χ0n) is 16.8. The molecule has 5 heteroatoms. The van der Waals surface area contributed by atoms with Gasteiger partial charge in [-0.15, -0.1) is 0 Å². The molecule has 2 aromatic carbocycles. The molecule has 1 amide bonds. The molecular weight excluding hydrogens is 352 g/mol. The van der Waals surface area contributed by atoms with Crippen molar-refractivity contribution in [2.45, 2.75) is 32.2 Å². The van der Waals surface area contributed by atoms with Crippen molar-refractivity contribution in [3.63, 3.8) is 0 Å². The van der Waals surface area contributed by atoms with E-state index in [4.69, 9.17) is 9.47 Å². The highest BCUT2D eigenvalue weighted by Crippen LogP contribution is 2.32. The molecule has 28 heavy (non-hydrogen) atoms. The minimum Gasteiger partial charge on any atom is -0.496 e. The number of hydrogen-bond donors (Lipinski definition) is 1. The number of para-hydroxylation sites is 1. The molecule has 150 valence electrons. The van der Waals surface area contributed by atoms with Gasteiger partial charge in [-0.1, -0.05) is 30.3 Å². The van der Waals surface area contributed by atoms with Gasteiger partial charge in [0.25, 0.3) is 0 Å². The first-order valence-corrected chi connectivity index (χ1v) is 10.1. The minimum atomic E-state index is 0.0766. The van der Waals surface area contributed by atoms with Crippen LogP contribution in [-0.2, 0) is 11.2 Å². The van der Waals surface area contributed by atoms with Crippen LogP contribution in [0.1, 0.15) is 36.9 Å². The van der Waals surface area contributed by atoms with E-state index >= 15 is 0 Å². The predicted octanol–water partition coefficient (Wildman–Crippen LogP) is 3.59. The lowest BCUT2D eigenvalue weighted by atomic mass is 10.0. The van der Waals surface area contributed by atoms with Crippen LogP contribution < -0.4 is 14.8 Å². The normalized spacial score (nSPS) is 16.7. The van der Waals surface area contributed by atoms with Crippen molar-refractivity contribution < 1.29 is 14.3 Å². The van der Waals surface area contributed by atoms with E-state index in [0.29, 0.717) is 25.7 Å². The van der Waals surface area contributed by atoms with Gasteiger partial charge in [0.15, 0.2) is 0 Å². The van der Waals surface area contributed by atoms with Crippen molar-refractivity contribution in [3.05, 3.63) is 59.7 Å². The van der Waals surface area contributed by atoms with Gasteiger partial charge in [0, 0.05) is 12.6 Å². The molecule has 1 unspecified atom stereocenters. The van der Waals surface area contributed by atoms with Crippen LogP contribution in [0.25, 0.3) is 0 Å². The molecule has 1 N–H and O–H groups in total. The molecule has 2 aromatic rings. The van der Waals surface area contributed by atoms with E-state index in [1.54, 1.807) is 7.11 Å². The van der Waals surface area contributed by atoms with Crippen LogP contribution in [0.2, 0.25) is 0 Å². The molecule has 0 aliphatic carbocycles. The maximum atomic E-state index is 12.5. The number of amides is 1. The molecule has 3 rings (SSSR count). The highest BCUT2D eigenvalue weighted by molar-refractivity contribution is 5.78. The van der Waals surface area contributed by atoms with Crippen molar-refractivity contribution in [1.82, 2.24) is 10.2 Å². The number of rotatable bonds is 9. The number of ether oxygens (including phenoxy) is 2. The molecule has 1 aliphatic rings. The van der Waals surface area contributed by atoms with Crippen LogP contribution >= 0.6 is 0 Å². The molecule has 0 saturated carbocycles. The Bertz CT molecular complexity index is 761. The summed E-state index contributed by atoms with van der Waals surface area (Å²) in [7, 11) is 1.67. The first-order chi connectivity index (χ1) is 13.7. The van der Waals surface area contributed by atoms with E-state index in [0.717, 1.165) is 42.9 Å². The Morgan fingerprint density at radius 1 is 1.18 bits per heavy atom. The highest BCUT2D eigenvalue weighted by atomic mass is 16.5. The standard InChI is InChI=1S/C23H30N2O3/c1-3-28-20-12-10-18(11-13-20)21-8-6-16-25(21)17-23(26)24-15-14-19-7-4-5-9-22(19)27-2/h4-5,7,9-13,21H,3,6,8,14-17H2,1-2H3,(H,24,26). The fourth-order valence-electron chi connectivity index (χ4n) is 3.83. The second-order valence-corrected chi connectivity index (χ2v) is 7.04. The van der Waals surface area contributed by atoms with E-state index in [9.17, 15) is 4.79 Å². The SMILES string of the molecule is CCOc1ccc(C2CCCN2CC(=O)NCCc2ccccc2OC)cc1. The average molecular weight is 383 g/mol. The molecule has 1 atom stereocenters.